The molecule has 0 aliphatic heterocycles. The van der Waals surface area contributed by atoms with E-state index in [4.69, 9.17) is 4.74 Å². The smallest absolute Gasteiger partial charge is 0.418 e. The molecule has 0 fully saturated rings. The number of hydrogen-bond acceptors (Lipinski definition) is 4. The van der Waals surface area contributed by atoms with Gasteiger partial charge in [0, 0.05) is 41.6 Å². The number of carbonyl (C=O) groups excluding carboxylic acids is 1. The fourth-order valence-electron chi connectivity index (χ4n) is 3.07. The highest BCUT2D eigenvalue weighted by Gasteiger charge is 2.34. The Morgan fingerprint density at radius 3 is 2.61 bits per heavy atom. The zero-order chi connectivity index (χ0) is 23.4. The molecular formula is C23H16F4N4O2. The van der Waals surface area contributed by atoms with Crippen molar-refractivity contribution in [1.82, 2.24) is 14.5 Å². The Bertz CT molecular complexity index is 1260. The first-order valence-corrected chi connectivity index (χ1v) is 9.63. The highest BCUT2D eigenvalue weighted by atomic mass is 19.4. The maximum absolute atomic E-state index is 14.1. The highest BCUT2D eigenvalue weighted by molar-refractivity contribution is 6.04. The molecule has 0 unspecified atom stereocenters. The van der Waals surface area contributed by atoms with Crippen LogP contribution in [0.2, 0.25) is 0 Å². The van der Waals surface area contributed by atoms with Gasteiger partial charge in [-0.15, -0.1) is 0 Å². The number of rotatable bonds is 6. The molecule has 33 heavy (non-hydrogen) atoms. The van der Waals surface area contributed by atoms with Crippen molar-refractivity contribution in [2.45, 2.75) is 12.8 Å². The minimum atomic E-state index is -4.66. The second kappa shape index (κ2) is 9.11. The molecule has 0 aliphatic carbocycles. The van der Waals surface area contributed by atoms with Crippen molar-refractivity contribution in [3.63, 3.8) is 0 Å². The normalized spacial score (nSPS) is 11.3. The van der Waals surface area contributed by atoms with Crippen LogP contribution in [0.3, 0.4) is 0 Å². The Balaban J connectivity index is 1.54. The van der Waals surface area contributed by atoms with Gasteiger partial charge in [0.15, 0.2) is 11.6 Å². The quantitative estimate of drug-likeness (QED) is 0.402. The topological polar surface area (TPSA) is 69.0 Å². The number of anilines is 1. The van der Waals surface area contributed by atoms with Gasteiger partial charge in [-0.25, -0.2) is 9.37 Å². The molecule has 0 radical (unpaired) electrons. The summed E-state index contributed by atoms with van der Waals surface area (Å²) in [6, 6.07) is 10.3. The van der Waals surface area contributed by atoms with Gasteiger partial charge in [0.2, 0.25) is 0 Å². The monoisotopic (exact) mass is 456 g/mol. The summed E-state index contributed by atoms with van der Waals surface area (Å²) in [6.45, 7) is 0.0283. The molecular weight excluding hydrogens is 440 g/mol. The summed E-state index contributed by atoms with van der Waals surface area (Å²) in [6.07, 6.45) is 2.46. The summed E-state index contributed by atoms with van der Waals surface area (Å²) in [5.41, 5.74) is -0.434. The summed E-state index contributed by atoms with van der Waals surface area (Å²) in [5.74, 6) is -1.57. The van der Waals surface area contributed by atoms with Crippen LogP contribution < -0.4 is 10.1 Å². The molecule has 4 rings (SSSR count). The summed E-state index contributed by atoms with van der Waals surface area (Å²) in [7, 11) is 0. The van der Waals surface area contributed by atoms with Gasteiger partial charge in [-0.3, -0.25) is 9.78 Å². The third-order valence-corrected chi connectivity index (χ3v) is 4.65. The van der Waals surface area contributed by atoms with E-state index in [1.165, 1.54) is 47.6 Å². The fourth-order valence-corrected chi connectivity index (χ4v) is 3.07. The number of hydrogen-bond donors (Lipinski definition) is 1. The molecule has 2 aromatic heterocycles. The lowest BCUT2D eigenvalue weighted by molar-refractivity contribution is -0.137. The van der Waals surface area contributed by atoms with Crippen molar-refractivity contribution in [3.8, 4) is 11.4 Å². The van der Waals surface area contributed by atoms with Crippen molar-refractivity contribution in [2.24, 2.45) is 0 Å². The Kier molecular flexibility index (Phi) is 6.07. The first kappa shape index (κ1) is 22.0. The van der Waals surface area contributed by atoms with Crippen LogP contribution in [0.15, 0.2) is 79.6 Å². The number of nitrogens with one attached hydrogen (secondary N) is 1. The molecule has 0 atom stereocenters. The summed E-state index contributed by atoms with van der Waals surface area (Å²) >= 11 is 0. The van der Waals surface area contributed by atoms with Crippen LogP contribution >= 0.6 is 0 Å². The van der Waals surface area contributed by atoms with E-state index >= 15 is 0 Å². The number of carbonyl (C=O) groups is 1. The van der Waals surface area contributed by atoms with Gasteiger partial charge in [-0.2, -0.15) is 13.2 Å². The number of imidazole rings is 1. The van der Waals surface area contributed by atoms with Gasteiger partial charge in [0.1, 0.15) is 6.61 Å². The minimum Gasteiger partial charge on any atom is -0.486 e. The van der Waals surface area contributed by atoms with Gasteiger partial charge in [0.25, 0.3) is 5.91 Å². The van der Waals surface area contributed by atoms with E-state index in [9.17, 15) is 22.4 Å². The standard InChI is InChI=1S/C23H16F4N4O2/c24-19-5-3-16(10-21(19)33-13-15-2-1-7-28-12-15)22(32)30-17-4-6-20(31-9-8-29-14-31)18(11-17)23(25,26)27/h1-12,14H,13H2,(H,30,32). The predicted molar refractivity (Wildman–Crippen MR) is 111 cm³/mol. The van der Waals surface area contributed by atoms with Gasteiger partial charge in [-0.05, 0) is 42.5 Å². The fraction of sp³-hybridized carbons (Fsp3) is 0.0870. The van der Waals surface area contributed by atoms with Crippen molar-refractivity contribution >= 4 is 11.6 Å². The molecule has 6 nitrogen and oxygen atoms in total. The lowest BCUT2D eigenvalue weighted by Crippen LogP contribution is -2.15. The van der Waals surface area contributed by atoms with Gasteiger partial charge in [-0.1, -0.05) is 6.07 Å². The minimum absolute atomic E-state index is 0.0184. The molecule has 0 spiro atoms. The van der Waals surface area contributed by atoms with Crippen LogP contribution in [0.1, 0.15) is 21.5 Å². The average molecular weight is 456 g/mol. The molecule has 1 N–H and O–H groups in total. The molecule has 168 valence electrons. The second-order valence-electron chi connectivity index (χ2n) is 6.95. The molecule has 1 amide bonds. The summed E-state index contributed by atoms with van der Waals surface area (Å²) in [4.78, 5) is 20.3. The van der Waals surface area contributed by atoms with Gasteiger partial charge >= 0.3 is 6.18 Å². The molecule has 2 aromatic carbocycles. The zero-order valence-electron chi connectivity index (χ0n) is 16.9. The number of benzene rings is 2. The molecule has 0 saturated carbocycles. The Hall–Kier alpha value is -4.21. The Labute approximate surface area is 185 Å². The maximum Gasteiger partial charge on any atom is 0.418 e. The molecule has 0 saturated heterocycles. The van der Waals surface area contributed by atoms with Crippen molar-refractivity contribution in [2.75, 3.05) is 5.32 Å². The first-order chi connectivity index (χ1) is 15.8. The number of amides is 1. The van der Waals surface area contributed by atoms with E-state index in [2.05, 4.69) is 15.3 Å². The average Bonchev–Trinajstić information content (AvgIpc) is 3.33. The molecule has 10 heteroatoms. The van der Waals surface area contributed by atoms with E-state index in [-0.39, 0.29) is 29.3 Å². The largest absolute Gasteiger partial charge is 0.486 e. The van der Waals surface area contributed by atoms with Crippen LogP contribution in [-0.4, -0.2) is 20.4 Å². The van der Waals surface area contributed by atoms with Crippen LogP contribution in [0.5, 0.6) is 5.75 Å². The van der Waals surface area contributed by atoms with Gasteiger partial charge in [0.05, 0.1) is 17.6 Å². The van der Waals surface area contributed by atoms with Crippen LogP contribution in [0.4, 0.5) is 23.2 Å². The van der Waals surface area contributed by atoms with Crippen LogP contribution in [0, 0.1) is 5.82 Å². The SMILES string of the molecule is O=C(Nc1ccc(-n2ccnc2)c(C(F)(F)F)c1)c1ccc(F)c(OCc2cccnc2)c1. The van der Waals surface area contributed by atoms with Crippen molar-refractivity contribution in [1.29, 1.82) is 0 Å². The van der Waals surface area contributed by atoms with E-state index in [0.29, 0.717) is 5.56 Å². The number of pyridine rings is 1. The lowest BCUT2D eigenvalue weighted by atomic mass is 10.1. The Morgan fingerprint density at radius 2 is 1.91 bits per heavy atom. The number of aromatic nitrogens is 3. The van der Waals surface area contributed by atoms with E-state index in [1.54, 1.807) is 24.5 Å². The molecule has 2 heterocycles. The highest BCUT2D eigenvalue weighted by Crippen LogP contribution is 2.35. The predicted octanol–water partition coefficient (Wildman–Crippen LogP) is 5.26. The maximum atomic E-state index is 14.1. The number of alkyl halides is 3. The van der Waals surface area contributed by atoms with E-state index in [0.717, 1.165) is 12.1 Å². The molecule has 0 bridgehead atoms. The number of halogens is 4. The van der Waals surface area contributed by atoms with Crippen molar-refractivity contribution in [3.05, 3.63) is 102 Å². The van der Waals surface area contributed by atoms with E-state index < -0.39 is 23.5 Å². The van der Waals surface area contributed by atoms with Crippen LogP contribution in [0.25, 0.3) is 5.69 Å². The number of ether oxygens (including phenoxy) is 1. The molecule has 0 aliphatic rings. The zero-order valence-corrected chi connectivity index (χ0v) is 16.9. The van der Waals surface area contributed by atoms with E-state index in [1.807, 2.05) is 0 Å². The third kappa shape index (κ3) is 5.17. The lowest BCUT2D eigenvalue weighted by Gasteiger charge is -2.15. The second-order valence-corrected chi connectivity index (χ2v) is 6.95. The van der Waals surface area contributed by atoms with Crippen molar-refractivity contribution < 1.29 is 27.1 Å². The third-order valence-electron chi connectivity index (χ3n) is 4.65. The Morgan fingerprint density at radius 1 is 1.06 bits per heavy atom. The number of nitrogens with zero attached hydrogens (tertiary/aromatic N) is 3. The summed E-state index contributed by atoms with van der Waals surface area (Å²) in [5, 5.41) is 2.41. The van der Waals surface area contributed by atoms with Gasteiger partial charge < -0.3 is 14.6 Å². The summed E-state index contributed by atoms with van der Waals surface area (Å²) < 4.78 is 61.6. The molecule has 4 aromatic rings. The first-order valence-electron chi connectivity index (χ1n) is 9.63. The van der Waals surface area contributed by atoms with Crippen LogP contribution in [-0.2, 0) is 12.8 Å².